The molecule has 100 valence electrons. The van der Waals surface area contributed by atoms with Crippen LogP contribution in [0.5, 0.6) is 5.75 Å². The summed E-state index contributed by atoms with van der Waals surface area (Å²) in [5.41, 5.74) is 3.04. The van der Waals surface area contributed by atoms with Crippen molar-refractivity contribution in [3.8, 4) is 5.75 Å². The Hall–Kier alpha value is -0.700. The maximum absolute atomic E-state index is 6.53. The van der Waals surface area contributed by atoms with Crippen LogP contribution in [0.2, 0.25) is 5.02 Å². The first-order chi connectivity index (χ1) is 9.01. The Balaban J connectivity index is 2.40. The standard InChI is InChI=1S/C15H13BrCl2O/c1-9-5-10(7-11(16)6-9)15(18)13-4-3-12(19-2)8-14(13)17/h3-8,15H,1-2H3. The molecule has 0 aromatic heterocycles. The smallest absolute Gasteiger partial charge is 0.120 e. The van der Waals surface area contributed by atoms with Crippen molar-refractivity contribution in [2.24, 2.45) is 0 Å². The molecule has 0 saturated carbocycles. The average molecular weight is 360 g/mol. The molecule has 0 aliphatic rings. The summed E-state index contributed by atoms with van der Waals surface area (Å²) in [5.74, 6) is 0.725. The Morgan fingerprint density at radius 3 is 2.47 bits per heavy atom. The van der Waals surface area contributed by atoms with Crippen molar-refractivity contribution in [3.05, 3.63) is 62.6 Å². The fourth-order valence-corrected chi connectivity index (χ4v) is 3.21. The van der Waals surface area contributed by atoms with E-state index in [4.69, 9.17) is 27.9 Å². The van der Waals surface area contributed by atoms with E-state index < -0.39 is 0 Å². The fraction of sp³-hybridized carbons (Fsp3) is 0.200. The van der Waals surface area contributed by atoms with E-state index in [1.165, 1.54) is 0 Å². The van der Waals surface area contributed by atoms with Crippen LogP contribution in [0.1, 0.15) is 22.1 Å². The largest absolute Gasteiger partial charge is 0.497 e. The van der Waals surface area contributed by atoms with Crippen LogP contribution in [0.25, 0.3) is 0 Å². The van der Waals surface area contributed by atoms with E-state index in [0.717, 1.165) is 26.9 Å². The molecule has 19 heavy (non-hydrogen) atoms. The molecule has 0 aliphatic carbocycles. The molecule has 2 rings (SSSR count). The summed E-state index contributed by atoms with van der Waals surface area (Å²) < 4.78 is 6.15. The third-order valence-corrected chi connectivity index (χ3v) is 4.11. The predicted molar refractivity (Wildman–Crippen MR) is 84.6 cm³/mol. The number of benzene rings is 2. The van der Waals surface area contributed by atoms with Gasteiger partial charge in [-0.1, -0.05) is 39.7 Å². The quantitative estimate of drug-likeness (QED) is 0.634. The molecule has 0 bridgehead atoms. The molecule has 0 spiro atoms. The van der Waals surface area contributed by atoms with E-state index in [-0.39, 0.29) is 5.38 Å². The maximum atomic E-state index is 6.53. The Labute approximate surface area is 131 Å². The molecule has 4 heteroatoms. The van der Waals surface area contributed by atoms with Gasteiger partial charge in [0.2, 0.25) is 0 Å². The van der Waals surface area contributed by atoms with E-state index in [9.17, 15) is 0 Å². The van der Waals surface area contributed by atoms with Crippen molar-refractivity contribution >= 4 is 39.1 Å². The Bertz CT molecular complexity index is 578. The summed E-state index contributed by atoms with van der Waals surface area (Å²) in [6, 6.07) is 11.6. The van der Waals surface area contributed by atoms with Crippen LogP contribution < -0.4 is 4.74 Å². The summed E-state index contributed by atoms with van der Waals surface area (Å²) in [4.78, 5) is 0. The van der Waals surface area contributed by atoms with Gasteiger partial charge < -0.3 is 4.74 Å². The van der Waals surface area contributed by atoms with Crippen molar-refractivity contribution in [1.29, 1.82) is 0 Å². The van der Waals surface area contributed by atoms with Gasteiger partial charge in [0.25, 0.3) is 0 Å². The molecular formula is C15H13BrCl2O. The lowest BCUT2D eigenvalue weighted by Gasteiger charge is -2.14. The van der Waals surface area contributed by atoms with Gasteiger partial charge in [0, 0.05) is 9.50 Å². The van der Waals surface area contributed by atoms with Gasteiger partial charge in [0.15, 0.2) is 0 Å². The molecule has 0 aliphatic heterocycles. The molecule has 0 amide bonds. The number of rotatable bonds is 3. The molecular weight excluding hydrogens is 347 g/mol. The van der Waals surface area contributed by atoms with Crippen molar-refractivity contribution in [2.75, 3.05) is 7.11 Å². The SMILES string of the molecule is COc1ccc(C(Cl)c2cc(C)cc(Br)c2)c(Cl)c1. The van der Waals surface area contributed by atoms with Gasteiger partial charge in [-0.05, 0) is 47.9 Å². The second-order valence-corrected chi connectivity index (χ2v) is 6.07. The average Bonchev–Trinajstić information content (AvgIpc) is 2.36. The molecule has 0 heterocycles. The zero-order chi connectivity index (χ0) is 14.0. The molecule has 1 atom stereocenters. The van der Waals surface area contributed by atoms with E-state index >= 15 is 0 Å². The Morgan fingerprint density at radius 1 is 1.16 bits per heavy atom. The van der Waals surface area contributed by atoms with Gasteiger partial charge in [-0.2, -0.15) is 0 Å². The minimum Gasteiger partial charge on any atom is -0.497 e. The fourth-order valence-electron chi connectivity index (χ4n) is 1.93. The number of hydrogen-bond acceptors (Lipinski definition) is 1. The van der Waals surface area contributed by atoms with Crippen molar-refractivity contribution in [3.63, 3.8) is 0 Å². The predicted octanol–water partition coefficient (Wildman–Crippen LogP) is 5.75. The molecule has 0 saturated heterocycles. The molecule has 0 radical (unpaired) electrons. The third kappa shape index (κ3) is 3.44. The molecule has 1 unspecified atom stereocenters. The van der Waals surface area contributed by atoms with Crippen LogP contribution in [0.4, 0.5) is 0 Å². The monoisotopic (exact) mass is 358 g/mol. The first-order valence-electron chi connectivity index (χ1n) is 5.76. The zero-order valence-electron chi connectivity index (χ0n) is 10.6. The number of methoxy groups -OCH3 is 1. The van der Waals surface area contributed by atoms with Crippen molar-refractivity contribution in [2.45, 2.75) is 12.3 Å². The zero-order valence-corrected chi connectivity index (χ0v) is 13.7. The summed E-state index contributed by atoms with van der Waals surface area (Å²) in [6.07, 6.45) is 0. The van der Waals surface area contributed by atoms with Gasteiger partial charge in [-0.15, -0.1) is 11.6 Å². The third-order valence-electron chi connectivity index (χ3n) is 2.84. The number of hydrogen-bond donors (Lipinski definition) is 0. The first kappa shape index (κ1) is 14.7. The van der Waals surface area contributed by atoms with Crippen molar-refractivity contribution < 1.29 is 4.74 Å². The summed E-state index contributed by atoms with van der Waals surface area (Å²) >= 11 is 16.3. The maximum Gasteiger partial charge on any atom is 0.120 e. The Morgan fingerprint density at radius 2 is 1.89 bits per heavy atom. The van der Waals surface area contributed by atoms with Crippen LogP contribution in [-0.4, -0.2) is 7.11 Å². The van der Waals surface area contributed by atoms with Gasteiger partial charge in [-0.3, -0.25) is 0 Å². The van der Waals surface area contributed by atoms with E-state index in [0.29, 0.717) is 5.02 Å². The normalized spacial score (nSPS) is 12.3. The van der Waals surface area contributed by atoms with Gasteiger partial charge in [0.05, 0.1) is 12.5 Å². The van der Waals surface area contributed by atoms with Crippen LogP contribution in [-0.2, 0) is 0 Å². The van der Waals surface area contributed by atoms with Gasteiger partial charge in [-0.25, -0.2) is 0 Å². The van der Waals surface area contributed by atoms with Crippen LogP contribution >= 0.6 is 39.1 Å². The number of alkyl halides is 1. The lowest BCUT2D eigenvalue weighted by Crippen LogP contribution is -1.96. The molecule has 1 nitrogen and oxygen atoms in total. The first-order valence-corrected chi connectivity index (χ1v) is 7.36. The van der Waals surface area contributed by atoms with Crippen LogP contribution in [0, 0.1) is 6.92 Å². The summed E-state index contributed by atoms with van der Waals surface area (Å²) in [5, 5.41) is 0.326. The highest BCUT2D eigenvalue weighted by Gasteiger charge is 2.15. The molecule has 2 aromatic rings. The van der Waals surface area contributed by atoms with E-state index in [1.807, 2.05) is 31.2 Å². The minimum atomic E-state index is -0.283. The second kappa shape index (κ2) is 6.17. The highest BCUT2D eigenvalue weighted by Crippen LogP contribution is 2.36. The number of halogens is 3. The van der Waals surface area contributed by atoms with Gasteiger partial charge in [0.1, 0.15) is 5.75 Å². The van der Waals surface area contributed by atoms with Crippen molar-refractivity contribution in [1.82, 2.24) is 0 Å². The Kier molecular flexibility index (Phi) is 4.77. The van der Waals surface area contributed by atoms with Crippen LogP contribution in [0.15, 0.2) is 40.9 Å². The van der Waals surface area contributed by atoms with Gasteiger partial charge >= 0.3 is 0 Å². The highest BCUT2D eigenvalue weighted by molar-refractivity contribution is 9.10. The van der Waals surface area contributed by atoms with Crippen LogP contribution in [0.3, 0.4) is 0 Å². The minimum absolute atomic E-state index is 0.283. The summed E-state index contributed by atoms with van der Waals surface area (Å²) in [7, 11) is 1.61. The molecule has 2 aromatic carbocycles. The second-order valence-electron chi connectivity index (χ2n) is 4.31. The molecule has 0 fully saturated rings. The lowest BCUT2D eigenvalue weighted by atomic mass is 10.0. The lowest BCUT2D eigenvalue weighted by molar-refractivity contribution is 0.414. The van der Waals surface area contributed by atoms with E-state index in [2.05, 4.69) is 22.0 Å². The summed E-state index contributed by atoms with van der Waals surface area (Å²) in [6.45, 7) is 2.04. The van der Waals surface area contributed by atoms with E-state index in [1.54, 1.807) is 13.2 Å². The molecule has 0 N–H and O–H groups in total. The number of aryl methyl sites for hydroxylation is 1. The topological polar surface area (TPSA) is 9.23 Å². The highest BCUT2D eigenvalue weighted by atomic mass is 79.9. The number of ether oxygens (including phenoxy) is 1.